The Balaban J connectivity index is 0.00000144. The second-order valence-electron chi connectivity index (χ2n) is 5.21. The van der Waals surface area contributed by atoms with E-state index >= 15 is 0 Å². The van der Waals surface area contributed by atoms with Gasteiger partial charge in [0.25, 0.3) is 0 Å². The molecule has 1 unspecified atom stereocenters. The van der Waals surface area contributed by atoms with E-state index in [1.54, 1.807) is 0 Å². The quantitative estimate of drug-likeness (QED) is 0.639. The molecule has 2 aliphatic heterocycles. The normalized spacial score (nSPS) is 34.6. The molecule has 0 saturated carbocycles. The van der Waals surface area contributed by atoms with Gasteiger partial charge >= 0.3 is 13.1 Å². The van der Waals surface area contributed by atoms with Crippen LogP contribution >= 0.6 is 13.5 Å². The number of hydrogen-bond donors (Lipinski definition) is 2. The topological polar surface area (TPSA) is 58.6 Å². The molecule has 2 rings (SSSR count). The second kappa shape index (κ2) is 6.11. The highest BCUT2D eigenvalue weighted by molar-refractivity contribution is 7.59. The third-order valence-corrected chi connectivity index (χ3v) is 3.74. The van der Waals surface area contributed by atoms with Crippen LogP contribution in [0.2, 0.25) is 6.32 Å². The first-order valence-electron chi connectivity index (χ1n) is 6.26. The number of carbonyl (C=O) groups excluding carboxylic acids is 1. The van der Waals surface area contributed by atoms with Gasteiger partial charge in [0.1, 0.15) is 5.54 Å². The van der Waals surface area contributed by atoms with E-state index in [9.17, 15) is 9.82 Å². The molecule has 2 aliphatic rings. The summed E-state index contributed by atoms with van der Waals surface area (Å²) in [5, 5.41) is 12.8. The fraction of sp³-hybridized carbons (Fsp3) is 0.909. The van der Waals surface area contributed by atoms with Crippen molar-refractivity contribution in [2.45, 2.75) is 50.9 Å². The van der Waals surface area contributed by atoms with Crippen molar-refractivity contribution in [3.63, 3.8) is 0 Å². The van der Waals surface area contributed by atoms with Gasteiger partial charge in [-0.1, -0.05) is 19.8 Å². The maximum Gasteiger partial charge on any atom is 0.524 e. The standard InChI is InChI=1S/C11H20BNO3.H2S/c1-9-4-7-13-11(8-9)5-2-3-6-12(15)16-10(11)14;/h9,13,15H,2-8H2,1H3;1H2/t9-,11?;/m0./s1. The van der Waals surface area contributed by atoms with Crippen LogP contribution in [0, 0.1) is 5.92 Å². The molecule has 98 valence electrons. The van der Waals surface area contributed by atoms with Gasteiger partial charge in [0.15, 0.2) is 0 Å². The van der Waals surface area contributed by atoms with E-state index in [0.717, 1.165) is 38.6 Å². The summed E-state index contributed by atoms with van der Waals surface area (Å²) in [7, 11) is -0.913. The lowest BCUT2D eigenvalue weighted by Crippen LogP contribution is -2.58. The molecule has 0 aromatic rings. The van der Waals surface area contributed by atoms with Crippen LogP contribution < -0.4 is 5.32 Å². The summed E-state index contributed by atoms with van der Waals surface area (Å²) in [6.07, 6.45) is 5.24. The molecule has 2 fully saturated rings. The maximum atomic E-state index is 12.1. The Morgan fingerprint density at radius 1 is 1.53 bits per heavy atom. The highest BCUT2D eigenvalue weighted by Gasteiger charge is 2.44. The molecule has 2 heterocycles. The molecule has 2 saturated heterocycles. The Hall–Kier alpha value is -0.195. The van der Waals surface area contributed by atoms with Gasteiger partial charge in [-0.25, -0.2) is 0 Å². The smallest absolute Gasteiger partial charge is 0.508 e. The number of piperidine rings is 1. The first-order chi connectivity index (χ1) is 7.62. The first-order valence-corrected chi connectivity index (χ1v) is 6.26. The predicted molar refractivity (Wildman–Crippen MR) is 72.2 cm³/mol. The average molecular weight is 259 g/mol. The summed E-state index contributed by atoms with van der Waals surface area (Å²) in [5.41, 5.74) is -0.529. The highest BCUT2D eigenvalue weighted by atomic mass is 32.1. The minimum Gasteiger partial charge on any atom is -0.508 e. The zero-order valence-electron chi connectivity index (χ0n) is 10.4. The van der Waals surface area contributed by atoms with Crippen molar-refractivity contribution in [2.24, 2.45) is 5.92 Å². The molecule has 0 radical (unpaired) electrons. The van der Waals surface area contributed by atoms with E-state index in [4.69, 9.17) is 4.65 Å². The molecule has 17 heavy (non-hydrogen) atoms. The van der Waals surface area contributed by atoms with Crippen LogP contribution in [0.15, 0.2) is 0 Å². The summed E-state index contributed by atoms with van der Waals surface area (Å²) < 4.78 is 5.09. The molecule has 2 N–H and O–H groups in total. The molecule has 1 spiro atoms. The molecule has 0 aromatic carbocycles. The Morgan fingerprint density at radius 2 is 2.29 bits per heavy atom. The third-order valence-electron chi connectivity index (χ3n) is 3.74. The van der Waals surface area contributed by atoms with E-state index in [1.807, 2.05) is 0 Å². The van der Waals surface area contributed by atoms with Crippen LogP contribution in [-0.2, 0) is 9.45 Å². The summed E-state index contributed by atoms with van der Waals surface area (Å²) in [6.45, 7) is 3.04. The van der Waals surface area contributed by atoms with E-state index in [0.29, 0.717) is 12.2 Å². The molecule has 0 aromatic heterocycles. The minimum absolute atomic E-state index is 0. The molecular weight excluding hydrogens is 237 g/mol. The second-order valence-corrected chi connectivity index (χ2v) is 5.21. The van der Waals surface area contributed by atoms with Gasteiger partial charge in [0, 0.05) is 0 Å². The van der Waals surface area contributed by atoms with Crippen molar-refractivity contribution in [3.05, 3.63) is 0 Å². The lowest BCUT2D eigenvalue weighted by atomic mass is 9.74. The zero-order chi connectivity index (χ0) is 11.6. The van der Waals surface area contributed by atoms with Gasteiger partial charge in [-0.15, -0.1) is 0 Å². The van der Waals surface area contributed by atoms with E-state index < -0.39 is 12.7 Å². The third kappa shape index (κ3) is 3.39. The molecular formula is C11H22BNO3S. The monoisotopic (exact) mass is 259 g/mol. The molecule has 0 aliphatic carbocycles. The van der Waals surface area contributed by atoms with Gasteiger partial charge in [-0.2, -0.15) is 13.5 Å². The summed E-state index contributed by atoms with van der Waals surface area (Å²) >= 11 is 0. The molecule has 2 atom stereocenters. The lowest BCUT2D eigenvalue weighted by Gasteiger charge is -2.40. The van der Waals surface area contributed by atoms with Crippen molar-refractivity contribution in [2.75, 3.05) is 6.54 Å². The van der Waals surface area contributed by atoms with E-state index in [1.165, 1.54) is 0 Å². The molecule has 4 nitrogen and oxygen atoms in total. The Kier molecular flexibility index (Phi) is 5.35. The first kappa shape index (κ1) is 14.9. The number of carbonyl (C=O) groups is 1. The Morgan fingerprint density at radius 3 is 3.00 bits per heavy atom. The van der Waals surface area contributed by atoms with Crippen LogP contribution in [0.1, 0.15) is 39.0 Å². The fourth-order valence-electron chi connectivity index (χ4n) is 2.82. The number of nitrogens with one attached hydrogen (secondary N) is 1. The van der Waals surface area contributed by atoms with Gasteiger partial charge in [0.2, 0.25) is 0 Å². The van der Waals surface area contributed by atoms with Crippen molar-refractivity contribution >= 4 is 26.6 Å². The van der Waals surface area contributed by atoms with Crippen molar-refractivity contribution in [3.8, 4) is 0 Å². The van der Waals surface area contributed by atoms with Crippen molar-refractivity contribution in [1.82, 2.24) is 5.32 Å². The lowest BCUT2D eigenvalue weighted by molar-refractivity contribution is -0.146. The largest absolute Gasteiger partial charge is 0.524 e. The summed E-state index contributed by atoms with van der Waals surface area (Å²) in [4.78, 5) is 12.1. The molecule has 6 heteroatoms. The number of rotatable bonds is 0. The van der Waals surface area contributed by atoms with Gasteiger partial charge < -0.3 is 15.0 Å². The average Bonchev–Trinajstić information content (AvgIpc) is 2.23. The highest BCUT2D eigenvalue weighted by Crippen LogP contribution is 2.32. The van der Waals surface area contributed by atoms with Crippen LogP contribution in [0.3, 0.4) is 0 Å². The van der Waals surface area contributed by atoms with Gasteiger partial charge in [-0.05, 0) is 38.0 Å². The van der Waals surface area contributed by atoms with Crippen molar-refractivity contribution in [1.29, 1.82) is 0 Å². The van der Waals surface area contributed by atoms with E-state index in [-0.39, 0.29) is 19.5 Å². The van der Waals surface area contributed by atoms with E-state index in [2.05, 4.69) is 12.2 Å². The fourth-order valence-corrected chi connectivity index (χ4v) is 2.82. The SMILES string of the molecule is C[C@H]1CCNC2(CCCCB(O)OC2=O)C1.S. The Labute approximate surface area is 110 Å². The zero-order valence-corrected chi connectivity index (χ0v) is 11.4. The molecule has 0 bridgehead atoms. The summed E-state index contributed by atoms with van der Waals surface area (Å²) in [5.74, 6) is 0.289. The number of hydrogen-bond acceptors (Lipinski definition) is 4. The van der Waals surface area contributed by atoms with Gasteiger partial charge in [-0.3, -0.25) is 4.79 Å². The maximum absolute atomic E-state index is 12.1. The van der Waals surface area contributed by atoms with Crippen LogP contribution in [0.25, 0.3) is 0 Å². The van der Waals surface area contributed by atoms with Crippen LogP contribution in [0.4, 0.5) is 0 Å². The Bertz CT molecular complexity index is 279. The van der Waals surface area contributed by atoms with Crippen LogP contribution in [-0.4, -0.2) is 30.2 Å². The summed E-state index contributed by atoms with van der Waals surface area (Å²) in [6, 6.07) is 0. The molecule has 0 amide bonds. The van der Waals surface area contributed by atoms with Gasteiger partial charge in [0.05, 0.1) is 0 Å². The van der Waals surface area contributed by atoms with Crippen LogP contribution in [0.5, 0.6) is 0 Å². The minimum atomic E-state index is -0.913. The predicted octanol–water partition coefficient (Wildman–Crippen LogP) is 1.07. The van der Waals surface area contributed by atoms with Crippen molar-refractivity contribution < 1.29 is 14.5 Å².